The number of unbranched alkanes of at least 4 members (excludes halogenated alkanes) is 3. The lowest BCUT2D eigenvalue weighted by molar-refractivity contribution is 0.370. The summed E-state index contributed by atoms with van der Waals surface area (Å²) >= 11 is 4.54. The van der Waals surface area contributed by atoms with Crippen LogP contribution in [0.4, 0.5) is 0 Å². The highest BCUT2D eigenvalue weighted by atomic mass is 32.5. The molecule has 3 N–H and O–H groups in total. The molecule has 7 heteroatoms. The van der Waals surface area contributed by atoms with Crippen LogP contribution in [0, 0.1) is 0 Å². The molecule has 1 aromatic carbocycles. The second-order valence-corrected chi connectivity index (χ2v) is 9.02. The smallest absolute Gasteiger partial charge is 0.375 e. The Morgan fingerprint density at radius 3 is 2.65 bits per heavy atom. The number of fused-ring (bicyclic) bond motifs is 2. The summed E-state index contributed by atoms with van der Waals surface area (Å²) < 4.78 is 5.09. The first kappa shape index (κ1) is 19.1. The summed E-state index contributed by atoms with van der Waals surface area (Å²) in [6.45, 7) is -1.69. The van der Waals surface area contributed by atoms with E-state index in [2.05, 4.69) is 35.8 Å². The number of rotatable bonds is 7. The summed E-state index contributed by atoms with van der Waals surface area (Å²) in [4.78, 5) is 34.3. The van der Waals surface area contributed by atoms with E-state index in [1.54, 1.807) is 0 Å². The van der Waals surface area contributed by atoms with E-state index in [9.17, 15) is 14.6 Å². The highest BCUT2D eigenvalue weighted by molar-refractivity contribution is 8.06. The SMILES string of the molecule is CCCCCCc1ccc2[nH]c3c(OP(O)(O)=S)ccc(=O)c-3cc2c1. The van der Waals surface area contributed by atoms with E-state index in [0.717, 1.165) is 23.7 Å². The van der Waals surface area contributed by atoms with E-state index >= 15 is 0 Å². The van der Waals surface area contributed by atoms with Gasteiger partial charge >= 0.3 is 6.72 Å². The maximum Gasteiger partial charge on any atom is 0.375 e. The molecular formula is C19H22NO4PS. The molecule has 0 atom stereocenters. The second kappa shape index (κ2) is 7.89. The van der Waals surface area contributed by atoms with Gasteiger partial charge < -0.3 is 19.3 Å². The number of H-pyrrole nitrogens is 1. The molecule has 1 aliphatic heterocycles. The van der Waals surface area contributed by atoms with Gasteiger partial charge in [-0.3, -0.25) is 4.79 Å². The highest BCUT2D eigenvalue weighted by Crippen LogP contribution is 2.42. The number of aryl methyl sites for hydroxylation is 1. The Bertz CT molecular complexity index is 995. The molecule has 0 saturated carbocycles. The molecule has 1 aromatic rings. The maximum absolute atomic E-state index is 12.3. The van der Waals surface area contributed by atoms with Crippen molar-refractivity contribution >= 4 is 29.4 Å². The van der Waals surface area contributed by atoms with E-state index in [1.165, 1.54) is 37.0 Å². The number of aromatic nitrogens is 1. The first-order valence-corrected chi connectivity index (χ1v) is 11.3. The van der Waals surface area contributed by atoms with Crippen LogP contribution < -0.4 is 9.95 Å². The number of hydrogen-bond donors (Lipinski definition) is 3. The normalized spacial score (nSPS) is 12.0. The van der Waals surface area contributed by atoms with Gasteiger partial charge in [0.05, 0.1) is 5.69 Å². The fraction of sp³-hybridized carbons (Fsp3) is 0.316. The molecule has 26 heavy (non-hydrogen) atoms. The first-order valence-electron chi connectivity index (χ1n) is 8.71. The number of benzene rings is 2. The predicted octanol–water partition coefficient (Wildman–Crippen LogP) is 4.34. The molecule has 1 aliphatic carbocycles. The Balaban J connectivity index is 2.01. The molecule has 5 nitrogen and oxygen atoms in total. The molecule has 0 unspecified atom stereocenters. The van der Waals surface area contributed by atoms with Crippen LogP contribution in [0.1, 0.15) is 38.2 Å². The third-order valence-electron chi connectivity index (χ3n) is 4.38. The Morgan fingerprint density at radius 1 is 1.12 bits per heavy atom. The van der Waals surface area contributed by atoms with Crippen molar-refractivity contribution in [3.05, 3.63) is 52.2 Å². The van der Waals surface area contributed by atoms with Crippen molar-refractivity contribution in [2.45, 2.75) is 39.0 Å². The van der Waals surface area contributed by atoms with Crippen molar-refractivity contribution in [1.82, 2.24) is 4.98 Å². The maximum atomic E-state index is 12.3. The van der Waals surface area contributed by atoms with E-state index in [4.69, 9.17) is 4.52 Å². The highest BCUT2D eigenvalue weighted by Gasteiger charge is 2.19. The molecule has 0 spiro atoms. The van der Waals surface area contributed by atoms with Gasteiger partial charge in [-0.05, 0) is 54.1 Å². The van der Waals surface area contributed by atoms with Crippen molar-refractivity contribution in [3.8, 4) is 17.0 Å². The molecule has 138 valence electrons. The quantitative estimate of drug-likeness (QED) is 0.317. The van der Waals surface area contributed by atoms with Crippen molar-refractivity contribution in [3.63, 3.8) is 0 Å². The number of nitrogens with one attached hydrogen (secondary N) is 1. The molecular weight excluding hydrogens is 369 g/mol. The molecule has 0 bridgehead atoms. The van der Waals surface area contributed by atoms with E-state index in [1.807, 2.05) is 12.1 Å². The topological polar surface area (TPSA) is 82.6 Å². The lowest BCUT2D eigenvalue weighted by atomic mass is 10.0. The standard InChI is InChI=1S/C19H22NO4PS/c1-2-3-4-5-6-13-7-8-16-14(11-13)12-15-17(21)9-10-18(19(15)20-16)24-25(22,23)26/h7-12,20H,2-6H2,1H3,(H2,22,23,26). The summed E-state index contributed by atoms with van der Waals surface area (Å²) in [5.74, 6) is 0.165. The predicted molar refractivity (Wildman–Crippen MR) is 108 cm³/mol. The fourth-order valence-electron chi connectivity index (χ4n) is 3.10. The van der Waals surface area contributed by atoms with Gasteiger partial charge in [0.2, 0.25) is 0 Å². The van der Waals surface area contributed by atoms with E-state index in [-0.39, 0.29) is 11.2 Å². The molecule has 0 aromatic heterocycles. The molecule has 0 radical (unpaired) electrons. The van der Waals surface area contributed by atoms with Crippen LogP contribution in [0.3, 0.4) is 0 Å². The molecule has 3 rings (SSSR count). The third kappa shape index (κ3) is 4.51. The molecule has 0 saturated heterocycles. The Kier molecular flexibility index (Phi) is 5.78. The summed E-state index contributed by atoms with van der Waals surface area (Å²) in [7, 11) is 0. The molecule has 0 amide bonds. The van der Waals surface area contributed by atoms with Crippen LogP contribution in [0.2, 0.25) is 0 Å². The first-order chi connectivity index (χ1) is 12.4. The Labute approximate surface area is 157 Å². The second-order valence-electron chi connectivity index (χ2n) is 6.43. The minimum Gasteiger partial charge on any atom is -0.422 e. The Hall–Kier alpha value is -1.72. The number of pyridine rings is 1. The van der Waals surface area contributed by atoms with Crippen LogP contribution >= 0.6 is 6.72 Å². The van der Waals surface area contributed by atoms with E-state index in [0.29, 0.717) is 11.3 Å². The van der Waals surface area contributed by atoms with Crippen LogP contribution in [-0.4, -0.2) is 14.8 Å². The largest absolute Gasteiger partial charge is 0.422 e. The van der Waals surface area contributed by atoms with Gasteiger partial charge in [0.1, 0.15) is 0 Å². The minimum atomic E-state index is -3.88. The van der Waals surface area contributed by atoms with Gasteiger partial charge in [0, 0.05) is 22.9 Å². The van der Waals surface area contributed by atoms with Crippen LogP contribution in [0.25, 0.3) is 22.2 Å². The summed E-state index contributed by atoms with van der Waals surface area (Å²) in [6.07, 6.45) is 5.85. The molecule has 1 heterocycles. The van der Waals surface area contributed by atoms with Gasteiger partial charge in [-0.25, -0.2) is 0 Å². The zero-order valence-corrected chi connectivity index (χ0v) is 16.3. The minimum absolute atomic E-state index is 0.164. The summed E-state index contributed by atoms with van der Waals surface area (Å²) in [6, 6.07) is 10.7. The summed E-state index contributed by atoms with van der Waals surface area (Å²) in [5.41, 5.74) is 2.76. The molecule has 0 fully saturated rings. The Morgan fingerprint density at radius 2 is 1.92 bits per heavy atom. The van der Waals surface area contributed by atoms with Gasteiger partial charge in [-0.1, -0.05) is 32.3 Å². The van der Waals surface area contributed by atoms with E-state index < -0.39 is 6.72 Å². The monoisotopic (exact) mass is 391 g/mol. The third-order valence-corrected chi connectivity index (χ3v) is 5.04. The number of aromatic amines is 1. The average Bonchev–Trinajstić information content (AvgIpc) is 2.59. The average molecular weight is 391 g/mol. The van der Waals surface area contributed by atoms with Gasteiger partial charge in [0.25, 0.3) is 0 Å². The zero-order valence-electron chi connectivity index (χ0n) is 14.6. The van der Waals surface area contributed by atoms with Gasteiger partial charge in [-0.15, -0.1) is 0 Å². The summed E-state index contributed by atoms with van der Waals surface area (Å²) in [5, 5.41) is 0.937. The number of hydrogen-bond acceptors (Lipinski definition) is 3. The van der Waals surface area contributed by atoms with Crippen molar-refractivity contribution in [1.29, 1.82) is 0 Å². The van der Waals surface area contributed by atoms with Crippen molar-refractivity contribution in [2.24, 2.45) is 0 Å². The van der Waals surface area contributed by atoms with Crippen molar-refractivity contribution < 1.29 is 14.3 Å². The molecule has 2 aliphatic rings. The van der Waals surface area contributed by atoms with Crippen LogP contribution in [-0.2, 0) is 18.2 Å². The lowest BCUT2D eigenvalue weighted by Gasteiger charge is -2.16. The van der Waals surface area contributed by atoms with Crippen LogP contribution in [0.5, 0.6) is 5.75 Å². The van der Waals surface area contributed by atoms with Crippen LogP contribution in [0.15, 0.2) is 41.2 Å². The van der Waals surface area contributed by atoms with Gasteiger partial charge in [-0.2, -0.15) is 0 Å². The van der Waals surface area contributed by atoms with Gasteiger partial charge in [0.15, 0.2) is 11.2 Å². The lowest BCUT2D eigenvalue weighted by Crippen LogP contribution is -2.07. The fourth-order valence-corrected chi connectivity index (χ4v) is 3.75. The van der Waals surface area contributed by atoms with Crippen molar-refractivity contribution in [2.75, 3.05) is 0 Å². The zero-order chi connectivity index (χ0) is 18.7.